The molecule has 2 aliphatic rings. The quantitative estimate of drug-likeness (QED) is 0.179. The zero-order valence-corrected chi connectivity index (χ0v) is 22.5. The van der Waals surface area contributed by atoms with Gasteiger partial charge in [0.05, 0.1) is 30.8 Å². The fraction of sp³-hybridized carbons (Fsp3) is 0.464. The molecule has 0 amide bonds. The van der Waals surface area contributed by atoms with Crippen LogP contribution in [0.2, 0.25) is 0 Å². The molecule has 14 heteroatoms. The van der Waals surface area contributed by atoms with Gasteiger partial charge in [0.25, 0.3) is 0 Å². The van der Waals surface area contributed by atoms with Crippen LogP contribution in [0.3, 0.4) is 0 Å². The normalized spacial score (nSPS) is 33.4. The summed E-state index contributed by atoms with van der Waals surface area (Å²) in [5.74, 6) is 0.205. The average Bonchev–Trinajstić information content (AvgIpc) is 2.98. The molecule has 0 radical (unpaired) electrons. The molecule has 1 aromatic heterocycles. The standard InChI is InChI=1S/C28H32O14/c1-11-20(30)23(33)25(35)27(40-11)39-10-19-22(32)24(34)26(36)28(42-19)41-13-4-5-14-18(8-13)38-9-15(21(14)31)12-3-6-17(37-2)16(29)7-12/h3-9,11,19-20,22-30,32-36H,10H2,1-2H3/t11-,19+,20-,22+,23+,24-,25+,26+,27+,28+/m0/s1. The average molecular weight is 593 g/mol. The van der Waals surface area contributed by atoms with E-state index in [2.05, 4.69) is 0 Å². The molecule has 42 heavy (non-hydrogen) atoms. The number of methoxy groups -OCH3 is 1. The van der Waals surface area contributed by atoms with Gasteiger partial charge in [-0.05, 0) is 36.8 Å². The monoisotopic (exact) mass is 592 g/mol. The smallest absolute Gasteiger partial charge is 0.229 e. The Kier molecular flexibility index (Phi) is 8.71. The van der Waals surface area contributed by atoms with Crippen LogP contribution in [0.1, 0.15) is 6.92 Å². The van der Waals surface area contributed by atoms with E-state index in [1.165, 1.54) is 50.6 Å². The number of phenolic OH excluding ortho intramolecular Hbond substituents is 1. The molecule has 0 bridgehead atoms. The van der Waals surface area contributed by atoms with Crippen LogP contribution in [0.25, 0.3) is 22.1 Å². The number of hydrogen-bond acceptors (Lipinski definition) is 14. The molecule has 10 atom stereocenters. The van der Waals surface area contributed by atoms with E-state index in [0.717, 1.165) is 0 Å². The lowest BCUT2D eigenvalue weighted by Gasteiger charge is -2.42. The van der Waals surface area contributed by atoms with Crippen LogP contribution in [0.5, 0.6) is 17.2 Å². The SMILES string of the molecule is COc1ccc(-c2coc3cc(O[C@@H]4O[C@H](CO[C@@H]5O[C@@H](C)[C@H](O)[C@@H](O)[C@H]5O)[C@@H](O)[C@H](O)[C@H]4O)ccc3c2=O)cc1O. The van der Waals surface area contributed by atoms with Gasteiger partial charge < -0.3 is 63.8 Å². The number of rotatable bonds is 7. The minimum Gasteiger partial charge on any atom is -0.504 e. The summed E-state index contributed by atoms with van der Waals surface area (Å²) in [6.45, 7) is 1.03. The van der Waals surface area contributed by atoms with Crippen molar-refractivity contribution in [1.82, 2.24) is 0 Å². The maximum absolute atomic E-state index is 13.1. The van der Waals surface area contributed by atoms with Crippen LogP contribution < -0.4 is 14.9 Å². The van der Waals surface area contributed by atoms with Crippen LogP contribution in [0.4, 0.5) is 0 Å². The van der Waals surface area contributed by atoms with Crippen molar-refractivity contribution in [2.75, 3.05) is 13.7 Å². The van der Waals surface area contributed by atoms with Gasteiger partial charge in [-0.2, -0.15) is 0 Å². The molecule has 5 rings (SSSR count). The molecule has 0 aliphatic carbocycles. The summed E-state index contributed by atoms with van der Waals surface area (Å²) in [5.41, 5.74) is 0.373. The molecule has 14 nitrogen and oxygen atoms in total. The van der Waals surface area contributed by atoms with Crippen molar-refractivity contribution in [2.24, 2.45) is 0 Å². The topological polar surface area (TPSA) is 218 Å². The highest BCUT2D eigenvalue weighted by molar-refractivity contribution is 5.83. The lowest BCUT2D eigenvalue weighted by Crippen LogP contribution is -2.61. The molecule has 0 spiro atoms. The van der Waals surface area contributed by atoms with Gasteiger partial charge in [0.2, 0.25) is 6.29 Å². The number of aliphatic hydroxyl groups excluding tert-OH is 6. The number of hydrogen-bond donors (Lipinski definition) is 7. The molecular formula is C28H32O14. The largest absolute Gasteiger partial charge is 0.504 e. The summed E-state index contributed by atoms with van der Waals surface area (Å²) in [6, 6.07) is 8.74. The molecule has 2 aromatic carbocycles. The summed E-state index contributed by atoms with van der Waals surface area (Å²) in [4.78, 5) is 13.1. The Balaban J connectivity index is 1.30. The highest BCUT2D eigenvalue weighted by atomic mass is 16.7. The third kappa shape index (κ3) is 5.68. The lowest BCUT2D eigenvalue weighted by molar-refractivity contribution is -0.318. The van der Waals surface area contributed by atoms with Crippen LogP contribution in [-0.4, -0.2) is 111 Å². The van der Waals surface area contributed by atoms with Gasteiger partial charge >= 0.3 is 0 Å². The van der Waals surface area contributed by atoms with Gasteiger partial charge in [0.15, 0.2) is 23.2 Å². The second-order valence-corrected chi connectivity index (χ2v) is 10.2. The Morgan fingerprint density at radius 1 is 0.833 bits per heavy atom. The van der Waals surface area contributed by atoms with Gasteiger partial charge in [-0.3, -0.25) is 4.79 Å². The first-order chi connectivity index (χ1) is 20.0. The number of benzene rings is 2. The van der Waals surface area contributed by atoms with E-state index in [0.29, 0.717) is 5.56 Å². The van der Waals surface area contributed by atoms with Crippen LogP contribution in [0, 0.1) is 0 Å². The molecule has 2 aliphatic heterocycles. The molecule has 3 heterocycles. The number of fused-ring (bicyclic) bond motifs is 1. The first-order valence-electron chi connectivity index (χ1n) is 13.1. The Morgan fingerprint density at radius 2 is 1.55 bits per heavy atom. The van der Waals surface area contributed by atoms with Crippen LogP contribution in [-0.2, 0) is 14.2 Å². The number of aromatic hydroxyl groups is 1. The van der Waals surface area contributed by atoms with Gasteiger partial charge in [0.1, 0.15) is 60.3 Å². The second-order valence-electron chi connectivity index (χ2n) is 10.2. The molecule has 3 aromatic rings. The summed E-state index contributed by atoms with van der Waals surface area (Å²) in [7, 11) is 1.41. The van der Waals surface area contributed by atoms with E-state index in [4.69, 9.17) is 28.1 Å². The molecule has 228 valence electrons. The molecule has 2 saturated heterocycles. The third-order valence-electron chi connectivity index (χ3n) is 7.39. The second kappa shape index (κ2) is 12.1. The van der Waals surface area contributed by atoms with Gasteiger partial charge in [-0.25, -0.2) is 0 Å². The molecular weight excluding hydrogens is 560 g/mol. The van der Waals surface area contributed by atoms with Crippen molar-refractivity contribution in [3.05, 3.63) is 52.9 Å². The summed E-state index contributed by atoms with van der Waals surface area (Å²) in [6.07, 6.45) is -13.2. The predicted molar refractivity (Wildman–Crippen MR) is 142 cm³/mol. The van der Waals surface area contributed by atoms with E-state index in [1.807, 2.05) is 0 Å². The zero-order chi connectivity index (χ0) is 30.3. The summed E-state index contributed by atoms with van der Waals surface area (Å²) in [5, 5.41) is 71.6. The van der Waals surface area contributed by atoms with Crippen molar-refractivity contribution < 1.29 is 63.8 Å². The Morgan fingerprint density at radius 3 is 2.26 bits per heavy atom. The van der Waals surface area contributed by atoms with E-state index in [-0.39, 0.29) is 39.2 Å². The van der Waals surface area contributed by atoms with Crippen molar-refractivity contribution in [3.8, 4) is 28.4 Å². The summed E-state index contributed by atoms with van der Waals surface area (Å²) >= 11 is 0. The van der Waals surface area contributed by atoms with E-state index < -0.39 is 68.0 Å². The van der Waals surface area contributed by atoms with E-state index in [1.54, 1.807) is 6.07 Å². The summed E-state index contributed by atoms with van der Waals surface area (Å²) < 4.78 is 32.9. The minimum atomic E-state index is -1.71. The first-order valence-corrected chi connectivity index (χ1v) is 13.1. The molecule has 0 unspecified atom stereocenters. The highest BCUT2D eigenvalue weighted by Gasteiger charge is 2.47. The van der Waals surface area contributed by atoms with Gasteiger partial charge in [0, 0.05) is 6.07 Å². The number of phenols is 1. The maximum atomic E-state index is 13.1. The predicted octanol–water partition coefficient (Wildman–Crippen LogP) is -0.795. The maximum Gasteiger partial charge on any atom is 0.229 e. The minimum absolute atomic E-state index is 0.102. The Hall–Kier alpha value is -3.31. The molecule has 2 fully saturated rings. The zero-order valence-electron chi connectivity index (χ0n) is 22.5. The fourth-order valence-corrected chi connectivity index (χ4v) is 4.87. The van der Waals surface area contributed by atoms with Crippen molar-refractivity contribution in [1.29, 1.82) is 0 Å². The van der Waals surface area contributed by atoms with Crippen LogP contribution >= 0.6 is 0 Å². The van der Waals surface area contributed by atoms with Gasteiger partial charge in [-0.15, -0.1) is 0 Å². The van der Waals surface area contributed by atoms with Crippen molar-refractivity contribution in [3.63, 3.8) is 0 Å². The highest BCUT2D eigenvalue weighted by Crippen LogP contribution is 2.32. The van der Waals surface area contributed by atoms with Crippen molar-refractivity contribution >= 4 is 11.0 Å². The lowest BCUT2D eigenvalue weighted by atomic mass is 9.98. The molecule has 7 N–H and O–H groups in total. The third-order valence-corrected chi connectivity index (χ3v) is 7.39. The van der Waals surface area contributed by atoms with Gasteiger partial charge in [-0.1, -0.05) is 6.07 Å². The van der Waals surface area contributed by atoms with E-state index >= 15 is 0 Å². The fourth-order valence-electron chi connectivity index (χ4n) is 4.87. The van der Waals surface area contributed by atoms with Crippen molar-refractivity contribution in [2.45, 2.75) is 68.3 Å². The van der Waals surface area contributed by atoms with E-state index in [9.17, 15) is 40.5 Å². The number of ether oxygens (including phenoxy) is 5. The Bertz CT molecular complexity index is 1460. The first kappa shape index (κ1) is 30.2. The van der Waals surface area contributed by atoms with Crippen LogP contribution in [0.15, 0.2) is 51.9 Å². The molecule has 0 saturated carbocycles. The Labute approximate surface area is 238 Å². The number of aliphatic hydroxyl groups is 6.